The minimum Gasteiger partial charge on any atom is -0.322 e. The van der Waals surface area contributed by atoms with Gasteiger partial charge in [0.05, 0.1) is 0 Å². The fourth-order valence-electron chi connectivity index (χ4n) is 2.59. The van der Waals surface area contributed by atoms with E-state index in [1.165, 1.54) is 0 Å². The van der Waals surface area contributed by atoms with Gasteiger partial charge < -0.3 is 5.32 Å². The van der Waals surface area contributed by atoms with Crippen LogP contribution < -0.4 is 5.32 Å². The van der Waals surface area contributed by atoms with Gasteiger partial charge in [-0.2, -0.15) is 0 Å². The van der Waals surface area contributed by atoms with E-state index in [-0.39, 0.29) is 5.91 Å². The van der Waals surface area contributed by atoms with E-state index < -0.39 is 0 Å². The third-order valence-electron chi connectivity index (χ3n) is 3.92. The van der Waals surface area contributed by atoms with Crippen molar-refractivity contribution < 1.29 is 4.79 Å². The van der Waals surface area contributed by atoms with Gasteiger partial charge >= 0.3 is 0 Å². The summed E-state index contributed by atoms with van der Waals surface area (Å²) in [7, 11) is 0. The average molecular weight is 346 g/mol. The molecule has 0 radical (unpaired) electrons. The highest BCUT2D eigenvalue weighted by Crippen LogP contribution is 2.33. The number of benzene rings is 1. The largest absolute Gasteiger partial charge is 0.322 e. The summed E-state index contributed by atoms with van der Waals surface area (Å²) in [5.41, 5.74) is 4.20. The summed E-state index contributed by atoms with van der Waals surface area (Å²) < 4.78 is 0. The van der Waals surface area contributed by atoms with Crippen LogP contribution in [0.1, 0.15) is 15.9 Å². The maximum Gasteiger partial charge on any atom is 0.255 e. The normalized spacial score (nSPS) is 10.8. The number of fused-ring (bicyclic) bond motifs is 1. The summed E-state index contributed by atoms with van der Waals surface area (Å²) in [5.74, 6) is -0.159. The number of hydrogen-bond acceptors (Lipinski definition) is 5. The minimum atomic E-state index is -0.159. The predicted molar refractivity (Wildman–Crippen MR) is 99.8 cm³/mol. The zero-order chi connectivity index (χ0) is 17.2. The van der Waals surface area contributed by atoms with Gasteiger partial charge in [0.2, 0.25) is 0 Å². The monoisotopic (exact) mass is 346 g/mol. The number of amides is 1. The molecule has 4 rings (SSSR count). The number of nitrogens with one attached hydrogen (secondary N) is 1. The molecule has 1 N–H and O–H groups in total. The van der Waals surface area contributed by atoms with Gasteiger partial charge in [-0.1, -0.05) is 23.5 Å². The second-order valence-corrected chi connectivity index (χ2v) is 6.49. The molecule has 0 bridgehead atoms. The van der Waals surface area contributed by atoms with Crippen molar-refractivity contribution in [3.05, 3.63) is 72.2 Å². The van der Waals surface area contributed by atoms with Gasteiger partial charge in [-0.15, -0.1) is 0 Å². The highest BCUT2D eigenvalue weighted by Gasteiger charge is 2.13. The zero-order valence-electron chi connectivity index (χ0n) is 13.4. The van der Waals surface area contributed by atoms with Crippen LogP contribution in [-0.2, 0) is 0 Å². The highest BCUT2D eigenvalue weighted by atomic mass is 32.1. The van der Waals surface area contributed by atoms with E-state index in [0.717, 1.165) is 32.2 Å². The topological polar surface area (TPSA) is 67.8 Å². The predicted octanol–water partition coefficient (Wildman–Crippen LogP) is 4.31. The number of carbonyl (C=O) groups is 1. The first-order valence-corrected chi connectivity index (χ1v) is 8.57. The number of nitrogens with zero attached hydrogens (tertiary/aromatic N) is 3. The molecule has 0 spiro atoms. The maximum atomic E-state index is 12.4. The molecule has 122 valence electrons. The van der Waals surface area contributed by atoms with Crippen LogP contribution in [0.2, 0.25) is 0 Å². The fourth-order valence-corrected chi connectivity index (χ4v) is 3.58. The number of pyridine rings is 2. The van der Waals surface area contributed by atoms with Crippen LogP contribution in [0.5, 0.6) is 0 Å². The summed E-state index contributed by atoms with van der Waals surface area (Å²) in [6.07, 6.45) is 4.97. The first-order chi connectivity index (χ1) is 12.2. The van der Waals surface area contributed by atoms with E-state index >= 15 is 0 Å². The lowest BCUT2D eigenvalue weighted by molar-refractivity contribution is 0.102. The van der Waals surface area contributed by atoms with Gasteiger partial charge in [-0.25, -0.2) is 9.97 Å². The molecule has 0 saturated carbocycles. The third-order valence-corrected chi connectivity index (χ3v) is 4.93. The summed E-state index contributed by atoms with van der Waals surface area (Å²) >= 11 is 1.55. The summed E-state index contributed by atoms with van der Waals surface area (Å²) in [6, 6.07) is 13.0. The molecule has 0 atom stereocenters. The van der Waals surface area contributed by atoms with Gasteiger partial charge in [-0.05, 0) is 42.8 Å². The van der Waals surface area contributed by atoms with Crippen LogP contribution in [0, 0.1) is 6.92 Å². The molecule has 25 heavy (non-hydrogen) atoms. The van der Waals surface area contributed by atoms with Crippen molar-refractivity contribution in [1.82, 2.24) is 15.0 Å². The fraction of sp³-hybridized carbons (Fsp3) is 0.0526. The van der Waals surface area contributed by atoms with Crippen LogP contribution >= 0.6 is 11.3 Å². The molecule has 3 aromatic heterocycles. The maximum absolute atomic E-state index is 12.4. The Morgan fingerprint density at radius 2 is 1.88 bits per heavy atom. The molecule has 5 nitrogen and oxygen atoms in total. The Hall–Kier alpha value is -3.12. The second-order valence-electron chi connectivity index (χ2n) is 5.51. The highest BCUT2D eigenvalue weighted by molar-refractivity contribution is 7.21. The van der Waals surface area contributed by atoms with Crippen molar-refractivity contribution in [2.75, 3.05) is 5.32 Å². The molecule has 0 aliphatic carbocycles. The molecule has 0 saturated heterocycles. The lowest BCUT2D eigenvalue weighted by Crippen LogP contribution is -2.12. The van der Waals surface area contributed by atoms with Crippen molar-refractivity contribution in [3.63, 3.8) is 0 Å². The van der Waals surface area contributed by atoms with Crippen molar-refractivity contribution in [1.29, 1.82) is 0 Å². The van der Waals surface area contributed by atoms with Crippen LogP contribution in [-0.4, -0.2) is 20.9 Å². The average Bonchev–Trinajstić information content (AvgIpc) is 3.08. The Balaban J connectivity index is 1.69. The quantitative estimate of drug-likeness (QED) is 0.600. The van der Waals surface area contributed by atoms with Crippen LogP contribution in [0.25, 0.3) is 20.9 Å². The van der Waals surface area contributed by atoms with Crippen LogP contribution in [0.3, 0.4) is 0 Å². The Morgan fingerprint density at radius 3 is 2.68 bits per heavy atom. The standard InChI is InChI=1S/C19H14N4OS/c1-12-14(18-23-16-6-3-9-21-19(16)25-18)4-2-5-15(12)22-17(24)13-7-10-20-11-8-13/h2-11H,1H3,(H,22,24). The number of thiazole rings is 1. The van der Waals surface area contributed by atoms with E-state index in [9.17, 15) is 4.79 Å². The van der Waals surface area contributed by atoms with Crippen molar-refractivity contribution in [2.45, 2.75) is 6.92 Å². The number of carbonyl (C=O) groups excluding carboxylic acids is 1. The Morgan fingerprint density at radius 1 is 1.04 bits per heavy atom. The lowest BCUT2D eigenvalue weighted by atomic mass is 10.1. The first kappa shape index (κ1) is 15.4. The smallest absolute Gasteiger partial charge is 0.255 e. The Labute approximate surface area is 148 Å². The van der Waals surface area contributed by atoms with Gasteiger partial charge in [0.15, 0.2) is 0 Å². The summed E-state index contributed by atoms with van der Waals surface area (Å²) in [6.45, 7) is 1.98. The molecule has 4 aromatic rings. The van der Waals surface area contributed by atoms with Crippen molar-refractivity contribution in [2.24, 2.45) is 0 Å². The van der Waals surface area contributed by atoms with Gasteiger partial charge in [0, 0.05) is 35.4 Å². The SMILES string of the molecule is Cc1c(NC(=O)c2ccncc2)cccc1-c1nc2cccnc2s1. The number of hydrogen-bond donors (Lipinski definition) is 1. The molecule has 0 fully saturated rings. The van der Waals surface area contributed by atoms with E-state index in [2.05, 4.69) is 20.3 Å². The molecule has 6 heteroatoms. The number of aromatic nitrogens is 3. The Kier molecular flexibility index (Phi) is 3.95. The van der Waals surface area contributed by atoms with Crippen molar-refractivity contribution >= 4 is 33.3 Å². The van der Waals surface area contributed by atoms with Gasteiger partial charge in [0.25, 0.3) is 5.91 Å². The van der Waals surface area contributed by atoms with Crippen molar-refractivity contribution in [3.8, 4) is 10.6 Å². The third kappa shape index (κ3) is 2.99. The minimum absolute atomic E-state index is 0.159. The molecular weight excluding hydrogens is 332 g/mol. The lowest BCUT2D eigenvalue weighted by Gasteiger charge is -2.11. The molecule has 3 heterocycles. The number of rotatable bonds is 3. The van der Waals surface area contributed by atoms with Crippen LogP contribution in [0.15, 0.2) is 61.1 Å². The first-order valence-electron chi connectivity index (χ1n) is 7.75. The van der Waals surface area contributed by atoms with Gasteiger partial charge in [-0.3, -0.25) is 9.78 Å². The molecule has 0 unspecified atom stereocenters. The zero-order valence-corrected chi connectivity index (χ0v) is 14.2. The number of anilines is 1. The molecule has 1 amide bonds. The van der Waals surface area contributed by atoms with E-state index in [4.69, 9.17) is 0 Å². The molecule has 0 aliphatic rings. The van der Waals surface area contributed by atoms with E-state index in [1.807, 2.05) is 37.3 Å². The van der Waals surface area contributed by atoms with E-state index in [0.29, 0.717) is 5.56 Å². The second kappa shape index (κ2) is 6.41. The van der Waals surface area contributed by atoms with Crippen LogP contribution in [0.4, 0.5) is 5.69 Å². The molecular formula is C19H14N4OS. The van der Waals surface area contributed by atoms with E-state index in [1.54, 1.807) is 42.1 Å². The Bertz CT molecular complexity index is 1030. The molecule has 0 aliphatic heterocycles. The summed E-state index contributed by atoms with van der Waals surface area (Å²) in [4.78, 5) is 26.2. The molecule has 1 aromatic carbocycles. The van der Waals surface area contributed by atoms with Gasteiger partial charge in [0.1, 0.15) is 15.4 Å². The summed E-state index contributed by atoms with van der Waals surface area (Å²) in [5, 5.41) is 3.86.